The second-order valence-electron chi connectivity index (χ2n) is 6.50. The predicted octanol–water partition coefficient (Wildman–Crippen LogP) is 1.30. The van der Waals surface area contributed by atoms with E-state index in [2.05, 4.69) is 10.3 Å². The molecule has 5 N–H and O–H groups in total. The van der Waals surface area contributed by atoms with Crippen molar-refractivity contribution >= 4 is 38.0 Å². The number of primary amides is 1. The van der Waals surface area contributed by atoms with E-state index in [4.69, 9.17) is 10.8 Å². The third-order valence-corrected chi connectivity index (χ3v) is 6.88. The average Bonchev–Trinajstić information content (AvgIpc) is 3.04. The van der Waals surface area contributed by atoms with E-state index in [0.29, 0.717) is 12.1 Å². The minimum Gasteiger partial charge on any atom is -0.390 e. The molecule has 0 saturated carbocycles. The molecule has 0 aromatic carbocycles. The molecule has 0 bridgehead atoms. The molecule has 0 radical (unpaired) electrons. The largest absolute Gasteiger partial charge is 0.419 e. The van der Waals surface area contributed by atoms with Gasteiger partial charge in [-0.05, 0) is 32.0 Å². The van der Waals surface area contributed by atoms with Crippen molar-refractivity contribution in [3.05, 3.63) is 35.0 Å². The van der Waals surface area contributed by atoms with Crippen molar-refractivity contribution in [2.45, 2.75) is 41.5 Å². The maximum atomic E-state index is 13.3. The molecule has 0 fully saturated rings. The number of rotatable bonds is 6. The number of amides is 2. The van der Waals surface area contributed by atoms with Gasteiger partial charge >= 0.3 is 6.18 Å². The van der Waals surface area contributed by atoms with Crippen molar-refractivity contribution in [2.24, 2.45) is 5.73 Å². The zero-order valence-electron chi connectivity index (χ0n) is 15.4. The van der Waals surface area contributed by atoms with Crippen LogP contribution in [0.3, 0.4) is 0 Å². The fourth-order valence-corrected chi connectivity index (χ4v) is 5.01. The number of thiophene rings is 1. The lowest BCUT2D eigenvalue weighted by molar-refractivity contribution is -0.140. The van der Waals surface area contributed by atoms with Gasteiger partial charge in [0.15, 0.2) is 5.03 Å². The Balaban J connectivity index is 2.68. The van der Waals surface area contributed by atoms with Crippen LogP contribution in [0.1, 0.15) is 35.5 Å². The van der Waals surface area contributed by atoms with Crippen molar-refractivity contribution in [2.75, 3.05) is 5.32 Å². The van der Waals surface area contributed by atoms with Crippen LogP contribution in [0.4, 0.5) is 18.2 Å². The third kappa shape index (κ3) is 4.77. The van der Waals surface area contributed by atoms with Gasteiger partial charge in [0.1, 0.15) is 14.8 Å². The standard InChI is InChI=1S/C16H16F3N3O6S2/c1-15(2,26)14(25)22-12-8(11(20)24)5-10(29-12)30(27,28)13-9(16(17,18)19)4-3-7(6-23)21-13/h3-5,23,26H,6H2,1-2H3,(H2,20,24)(H,22,25). The summed E-state index contributed by atoms with van der Waals surface area (Å²) < 4.78 is 65.0. The van der Waals surface area contributed by atoms with Gasteiger partial charge in [-0.15, -0.1) is 11.3 Å². The van der Waals surface area contributed by atoms with Crippen LogP contribution < -0.4 is 11.1 Å². The van der Waals surface area contributed by atoms with E-state index >= 15 is 0 Å². The Morgan fingerprint density at radius 3 is 2.33 bits per heavy atom. The van der Waals surface area contributed by atoms with E-state index in [9.17, 15) is 36.3 Å². The minimum atomic E-state index is -5.08. The number of carbonyl (C=O) groups excluding carboxylic acids is 2. The summed E-state index contributed by atoms with van der Waals surface area (Å²) in [7, 11) is -4.94. The first-order valence-electron chi connectivity index (χ1n) is 7.99. The predicted molar refractivity (Wildman–Crippen MR) is 98.4 cm³/mol. The summed E-state index contributed by atoms with van der Waals surface area (Å²) in [5, 5.41) is 19.2. The second-order valence-corrected chi connectivity index (χ2v) is 9.64. The molecule has 0 aliphatic rings. The van der Waals surface area contributed by atoms with Gasteiger partial charge in [-0.25, -0.2) is 13.4 Å². The Morgan fingerprint density at radius 2 is 1.87 bits per heavy atom. The SMILES string of the molecule is CC(C)(O)C(=O)Nc1sc(S(=O)(=O)c2nc(CO)ccc2C(F)(F)F)cc1C(N)=O. The minimum absolute atomic E-state index is 0.265. The molecule has 2 rings (SSSR count). The topological polar surface area (TPSA) is 160 Å². The van der Waals surface area contributed by atoms with Gasteiger partial charge in [-0.3, -0.25) is 9.59 Å². The zero-order valence-corrected chi connectivity index (χ0v) is 17.1. The number of nitrogens with two attached hydrogens (primary N) is 1. The molecule has 14 heteroatoms. The Kier molecular flexibility index (Phi) is 6.28. The van der Waals surface area contributed by atoms with E-state index in [0.717, 1.165) is 19.9 Å². The zero-order chi connectivity index (χ0) is 23.1. The smallest absolute Gasteiger partial charge is 0.390 e. The first-order valence-corrected chi connectivity index (χ1v) is 10.3. The molecule has 30 heavy (non-hydrogen) atoms. The lowest BCUT2D eigenvalue weighted by Gasteiger charge is -2.16. The van der Waals surface area contributed by atoms with E-state index in [1.807, 2.05) is 0 Å². The number of halogens is 3. The van der Waals surface area contributed by atoms with Crippen LogP contribution in [0.2, 0.25) is 0 Å². The second kappa shape index (κ2) is 7.94. The lowest BCUT2D eigenvalue weighted by atomic mass is 10.1. The summed E-state index contributed by atoms with van der Waals surface area (Å²) in [6, 6.07) is 1.99. The Hall–Kier alpha value is -2.55. The summed E-state index contributed by atoms with van der Waals surface area (Å²) in [6.45, 7) is 1.43. The van der Waals surface area contributed by atoms with Crippen LogP contribution in [0.25, 0.3) is 0 Å². The van der Waals surface area contributed by atoms with Gasteiger partial charge in [0.25, 0.3) is 11.8 Å². The number of anilines is 1. The maximum Gasteiger partial charge on any atom is 0.419 e. The van der Waals surface area contributed by atoms with Crippen molar-refractivity contribution in [1.29, 1.82) is 0 Å². The van der Waals surface area contributed by atoms with Crippen LogP contribution in [-0.4, -0.2) is 41.0 Å². The number of aromatic nitrogens is 1. The highest BCUT2D eigenvalue weighted by Gasteiger charge is 2.40. The number of aliphatic hydroxyl groups is 2. The Bertz CT molecular complexity index is 1100. The van der Waals surface area contributed by atoms with Gasteiger partial charge in [0.2, 0.25) is 9.84 Å². The summed E-state index contributed by atoms with van der Waals surface area (Å²) in [4.78, 5) is 27.0. The van der Waals surface area contributed by atoms with E-state index < -0.39 is 60.4 Å². The highest BCUT2D eigenvalue weighted by Crippen LogP contribution is 2.39. The maximum absolute atomic E-state index is 13.3. The third-order valence-electron chi connectivity index (χ3n) is 3.66. The van der Waals surface area contributed by atoms with Crippen molar-refractivity contribution in [3.63, 3.8) is 0 Å². The van der Waals surface area contributed by atoms with Crippen LogP contribution >= 0.6 is 11.3 Å². The fourth-order valence-electron chi connectivity index (χ4n) is 2.12. The Labute approximate surface area is 172 Å². The number of nitrogens with one attached hydrogen (secondary N) is 1. The van der Waals surface area contributed by atoms with Crippen LogP contribution in [0.15, 0.2) is 27.4 Å². The van der Waals surface area contributed by atoms with Crippen LogP contribution in [0.5, 0.6) is 0 Å². The number of hydrogen-bond acceptors (Lipinski definition) is 8. The molecule has 0 aliphatic carbocycles. The summed E-state index contributed by atoms with van der Waals surface area (Å²) in [5.74, 6) is -2.17. The van der Waals surface area contributed by atoms with E-state index in [-0.39, 0.29) is 22.0 Å². The number of sulfone groups is 1. The number of nitrogens with zero attached hydrogens (tertiary/aromatic N) is 1. The van der Waals surface area contributed by atoms with Crippen LogP contribution in [-0.2, 0) is 27.4 Å². The number of alkyl halides is 3. The van der Waals surface area contributed by atoms with Crippen molar-refractivity contribution in [3.8, 4) is 0 Å². The number of carbonyl (C=O) groups is 2. The molecule has 2 amide bonds. The van der Waals surface area contributed by atoms with Crippen molar-refractivity contribution < 1.29 is 41.4 Å². The van der Waals surface area contributed by atoms with Crippen LogP contribution in [0, 0.1) is 0 Å². The first kappa shape index (κ1) is 23.7. The fraction of sp³-hybridized carbons (Fsp3) is 0.312. The first-order chi connectivity index (χ1) is 13.6. The molecular formula is C16H16F3N3O6S2. The van der Waals surface area contributed by atoms with E-state index in [1.54, 1.807) is 0 Å². The number of hydrogen-bond donors (Lipinski definition) is 4. The summed E-state index contributed by atoms with van der Waals surface area (Å²) in [5.41, 5.74) is 0.879. The van der Waals surface area contributed by atoms with E-state index in [1.165, 1.54) is 0 Å². The normalized spacial score (nSPS) is 12.6. The van der Waals surface area contributed by atoms with Crippen molar-refractivity contribution in [1.82, 2.24) is 4.98 Å². The number of aliphatic hydroxyl groups excluding tert-OH is 1. The highest BCUT2D eigenvalue weighted by molar-refractivity contribution is 7.93. The average molecular weight is 467 g/mol. The van der Waals surface area contributed by atoms with Gasteiger partial charge in [-0.2, -0.15) is 13.2 Å². The number of pyridine rings is 1. The van der Waals surface area contributed by atoms with Gasteiger partial charge in [0.05, 0.1) is 23.4 Å². The molecule has 0 unspecified atom stereocenters. The molecule has 0 spiro atoms. The molecular weight excluding hydrogens is 451 g/mol. The molecule has 2 aromatic heterocycles. The molecule has 0 atom stereocenters. The molecule has 9 nitrogen and oxygen atoms in total. The quantitative estimate of drug-likeness (QED) is 0.498. The molecule has 0 aliphatic heterocycles. The lowest BCUT2D eigenvalue weighted by Crippen LogP contribution is -2.36. The summed E-state index contributed by atoms with van der Waals surface area (Å²) >= 11 is 0.265. The molecule has 0 saturated heterocycles. The summed E-state index contributed by atoms with van der Waals surface area (Å²) in [6.07, 6.45) is -5.08. The van der Waals surface area contributed by atoms with Gasteiger partial charge < -0.3 is 21.3 Å². The molecule has 2 aromatic rings. The van der Waals surface area contributed by atoms with Gasteiger partial charge in [0, 0.05) is 0 Å². The molecule has 2 heterocycles. The molecule has 164 valence electrons. The highest BCUT2D eigenvalue weighted by atomic mass is 32.2. The van der Waals surface area contributed by atoms with Gasteiger partial charge in [-0.1, -0.05) is 0 Å². The monoisotopic (exact) mass is 467 g/mol. The Morgan fingerprint density at radius 1 is 1.27 bits per heavy atom.